The third kappa shape index (κ3) is 2.93. The van der Waals surface area contributed by atoms with Gasteiger partial charge in [-0.2, -0.15) is 18.1 Å². The van der Waals surface area contributed by atoms with Gasteiger partial charge >= 0.3 is 18.0 Å². The molecule has 0 spiro atoms. The highest BCUT2D eigenvalue weighted by molar-refractivity contribution is 6.04. The minimum absolute atomic E-state index is 0.0404. The molecule has 1 saturated carbocycles. The number of carbonyl (C=O) groups excluding carboxylic acids is 1. The van der Waals surface area contributed by atoms with E-state index in [1.54, 1.807) is 11.0 Å². The lowest BCUT2D eigenvalue weighted by Crippen LogP contribution is -2.73. The number of nitrogens with one attached hydrogen (secondary N) is 2. The van der Waals surface area contributed by atoms with Crippen LogP contribution in [-0.4, -0.2) is 29.4 Å². The average Bonchev–Trinajstić information content (AvgIpc) is 3.08. The van der Waals surface area contributed by atoms with E-state index in [1.807, 2.05) is 0 Å². The van der Waals surface area contributed by atoms with Crippen molar-refractivity contribution in [3.8, 4) is 0 Å². The van der Waals surface area contributed by atoms with Crippen LogP contribution in [-0.2, 0) is 11.0 Å². The quantitative estimate of drug-likeness (QED) is 0.866. The molecule has 1 aromatic carbocycles. The molecule has 1 fully saturated rings. The molecule has 0 saturated heterocycles. The Morgan fingerprint density at radius 3 is 2.64 bits per heavy atom. The molecule has 7 heteroatoms. The van der Waals surface area contributed by atoms with Crippen LogP contribution in [0.2, 0.25) is 0 Å². The predicted molar refractivity (Wildman–Crippen MR) is 75.0 cm³/mol. The topological polar surface area (TPSA) is 46.3 Å². The lowest BCUT2D eigenvalue weighted by Gasteiger charge is -2.19. The smallest absolute Gasteiger partial charge is 0.266 e. The maximum atomic E-state index is 12.8. The SMILES string of the molecule is O=C1C[NH+]=C(Nc2cccc(C(F)(F)F)c2)N1C1CCCC1. The molecule has 0 atom stereocenters. The van der Waals surface area contributed by atoms with Crippen LogP contribution in [0, 0.1) is 0 Å². The van der Waals surface area contributed by atoms with Crippen molar-refractivity contribution < 1.29 is 23.0 Å². The van der Waals surface area contributed by atoms with Crippen LogP contribution < -0.4 is 10.3 Å². The number of nitrogens with zero attached hydrogens (tertiary/aromatic N) is 1. The first-order valence-corrected chi connectivity index (χ1v) is 7.32. The molecule has 4 nitrogen and oxygen atoms in total. The third-order valence-corrected chi connectivity index (χ3v) is 4.06. The van der Waals surface area contributed by atoms with Gasteiger partial charge in [-0.3, -0.25) is 9.79 Å². The van der Waals surface area contributed by atoms with Crippen molar-refractivity contribution in [3.63, 3.8) is 0 Å². The fourth-order valence-corrected chi connectivity index (χ4v) is 3.02. The highest BCUT2D eigenvalue weighted by Gasteiger charge is 2.40. The summed E-state index contributed by atoms with van der Waals surface area (Å²) < 4.78 is 38.3. The van der Waals surface area contributed by atoms with Crippen molar-refractivity contribution in [3.05, 3.63) is 29.8 Å². The molecular weight excluding hydrogens is 295 g/mol. The maximum Gasteiger partial charge on any atom is 0.416 e. The van der Waals surface area contributed by atoms with Crippen molar-refractivity contribution in [1.82, 2.24) is 4.90 Å². The Kier molecular flexibility index (Phi) is 3.80. The van der Waals surface area contributed by atoms with Gasteiger partial charge < -0.3 is 0 Å². The summed E-state index contributed by atoms with van der Waals surface area (Å²) >= 11 is 0. The van der Waals surface area contributed by atoms with Crippen LogP contribution in [0.5, 0.6) is 0 Å². The van der Waals surface area contributed by atoms with E-state index in [0.717, 1.165) is 37.8 Å². The number of amides is 1. The number of rotatable bonds is 2. The summed E-state index contributed by atoms with van der Waals surface area (Å²) in [6, 6.07) is 5.11. The largest absolute Gasteiger partial charge is 0.416 e. The second-order valence-electron chi connectivity index (χ2n) is 5.61. The van der Waals surface area contributed by atoms with Gasteiger partial charge in [-0.1, -0.05) is 6.07 Å². The zero-order valence-electron chi connectivity index (χ0n) is 11.9. The number of hydrogen-bond acceptors (Lipinski definition) is 2. The van der Waals surface area contributed by atoms with Crippen molar-refractivity contribution in [2.75, 3.05) is 11.9 Å². The summed E-state index contributed by atoms with van der Waals surface area (Å²) in [4.78, 5) is 16.6. The monoisotopic (exact) mass is 312 g/mol. The standard InChI is InChI=1S/C15H16F3N3O/c16-15(17,18)10-4-3-5-11(8-10)20-14-19-9-13(22)21(14)12-6-1-2-7-12/h3-5,8,12H,1-2,6-7,9H2,(H,19,20)/p+1. The first-order chi connectivity index (χ1) is 10.4. The molecule has 2 N–H and O–H groups in total. The van der Waals surface area contributed by atoms with Crippen molar-refractivity contribution in [2.24, 2.45) is 0 Å². The summed E-state index contributed by atoms with van der Waals surface area (Å²) in [5.74, 6) is 0.442. The normalized spacial score (nSPS) is 19.7. The fourth-order valence-electron chi connectivity index (χ4n) is 3.02. The Labute approximate surface area is 126 Å². The van der Waals surface area contributed by atoms with E-state index < -0.39 is 11.7 Å². The molecule has 0 aromatic heterocycles. The van der Waals surface area contributed by atoms with Gasteiger partial charge in [-0.05, 0) is 43.9 Å². The molecular formula is C15H17F3N3O+. The average molecular weight is 312 g/mol. The number of halogens is 3. The first-order valence-electron chi connectivity index (χ1n) is 7.32. The summed E-state index contributed by atoms with van der Waals surface area (Å²) in [7, 11) is 0. The molecule has 0 radical (unpaired) electrons. The van der Waals surface area contributed by atoms with Crippen LogP contribution in [0.3, 0.4) is 0 Å². The van der Waals surface area contributed by atoms with E-state index in [0.29, 0.717) is 11.6 Å². The summed E-state index contributed by atoms with van der Waals surface area (Å²) in [6.45, 7) is 0.178. The number of anilines is 1. The predicted octanol–water partition coefficient (Wildman–Crippen LogP) is 1.34. The van der Waals surface area contributed by atoms with E-state index in [4.69, 9.17) is 0 Å². The Hall–Kier alpha value is -2.05. The molecule has 2 aliphatic rings. The number of guanidine groups is 1. The van der Waals surface area contributed by atoms with Crippen LogP contribution in [0.25, 0.3) is 0 Å². The fraction of sp³-hybridized carbons (Fsp3) is 0.467. The molecule has 1 aliphatic carbocycles. The van der Waals surface area contributed by atoms with Crippen LogP contribution in [0.15, 0.2) is 24.3 Å². The van der Waals surface area contributed by atoms with E-state index in [-0.39, 0.29) is 18.5 Å². The summed E-state index contributed by atoms with van der Waals surface area (Å²) in [6.07, 6.45) is -0.370. The van der Waals surface area contributed by atoms with Gasteiger partial charge in [0.05, 0.1) is 17.3 Å². The molecule has 1 amide bonds. The molecule has 1 heterocycles. The van der Waals surface area contributed by atoms with Crippen LogP contribution in [0.4, 0.5) is 18.9 Å². The van der Waals surface area contributed by atoms with Crippen molar-refractivity contribution >= 4 is 17.6 Å². The van der Waals surface area contributed by atoms with Crippen molar-refractivity contribution in [1.29, 1.82) is 0 Å². The molecule has 0 bridgehead atoms. The van der Waals surface area contributed by atoms with E-state index >= 15 is 0 Å². The Balaban J connectivity index is 1.79. The third-order valence-electron chi connectivity index (χ3n) is 4.06. The van der Waals surface area contributed by atoms with Crippen molar-refractivity contribution in [2.45, 2.75) is 37.9 Å². The van der Waals surface area contributed by atoms with Gasteiger partial charge in [-0.15, -0.1) is 0 Å². The molecule has 1 aromatic rings. The minimum Gasteiger partial charge on any atom is -0.266 e. The van der Waals surface area contributed by atoms with Crippen LogP contribution >= 0.6 is 0 Å². The molecule has 1 aliphatic heterocycles. The lowest BCUT2D eigenvalue weighted by molar-refractivity contribution is -0.438. The second kappa shape index (κ2) is 5.62. The second-order valence-corrected chi connectivity index (χ2v) is 5.61. The Bertz CT molecular complexity index is 606. The van der Waals surface area contributed by atoms with Gasteiger partial charge in [0, 0.05) is 0 Å². The molecule has 3 rings (SSSR count). The zero-order valence-corrected chi connectivity index (χ0v) is 11.9. The first kappa shape index (κ1) is 14.9. The van der Waals surface area contributed by atoms with Crippen LogP contribution in [0.1, 0.15) is 31.2 Å². The highest BCUT2D eigenvalue weighted by Crippen LogP contribution is 2.31. The minimum atomic E-state index is -4.38. The zero-order chi connectivity index (χ0) is 15.7. The number of benzene rings is 1. The molecule has 118 valence electrons. The van der Waals surface area contributed by atoms with Gasteiger partial charge in [0.15, 0.2) is 6.54 Å². The Morgan fingerprint density at radius 1 is 1.23 bits per heavy atom. The number of carbonyl (C=O) groups is 1. The van der Waals surface area contributed by atoms with Gasteiger partial charge in [0.2, 0.25) is 0 Å². The molecule has 0 unspecified atom stereocenters. The van der Waals surface area contributed by atoms with E-state index in [1.165, 1.54) is 6.07 Å². The maximum absolute atomic E-state index is 12.8. The lowest BCUT2D eigenvalue weighted by atomic mass is 10.2. The van der Waals surface area contributed by atoms with Gasteiger partial charge in [0.1, 0.15) is 0 Å². The Morgan fingerprint density at radius 2 is 1.95 bits per heavy atom. The molecule has 22 heavy (non-hydrogen) atoms. The van der Waals surface area contributed by atoms with Gasteiger partial charge in [0.25, 0.3) is 0 Å². The number of hydrogen-bond donors (Lipinski definition) is 2. The van der Waals surface area contributed by atoms with E-state index in [2.05, 4.69) is 10.3 Å². The van der Waals surface area contributed by atoms with E-state index in [9.17, 15) is 18.0 Å². The summed E-state index contributed by atoms with van der Waals surface area (Å²) in [5.41, 5.74) is -0.398. The number of alkyl halides is 3. The summed E-state index contributed by atoms with van der Waals surface area (Å²) in [5, 5.41) is 2.92. The van der Waals surface area contributed by atoms with Gasteiger partial charge in [-0.25, -0.2) is 5.32 Å². The highest BCUT2D eigenvalue weighted by atomic mass is 19.4.